The minimum atomic E-state index is 0.118. The number of benzene rings is 1. The Balaban J connectivity index is 1.66. The third kappa shape index (κ3) is 3.35. The van der Waals surface area contributed by atoms with Gasteiger partial charge in [0, 0.05) is 31.8 Å². The number of likely N-dealkylation sites (tertiary alicyclic amines) is 1. The molecular weight excluding hydrogens is 276 g/mol. The molecule has 0 aliphatic carbocycles. The molecule has 5 heteroatoms. The maximum Gasteiger partial charge on any atom is 0.223 e. The monoisotopic (exact) mass is 298 g/mol. The molecule has 5 nitrogen and oxygen atoms in total. The number of rotatable bonds is 5. The summed E-state index contributed by atoms with van der Waals surface area (Å²) in [4.78, 5) is 18.6. The van der Waals surface area contributed by atoms with Crippen LogP contribution in [-0.4, -0.2) is 39.1 Å². The lowest BCUT2D eigenvalue weighted by Gasteiger charge is -2.18. The average Bonchev–Trinajstić information content (AvgIpc) is 3.07. The average molecular weight is 298 g/mol. The van der Waals surface area contributed by atoms with Crippen LogP contribution in [0.1, 0.15) is 43.4 Å². The lowest BCUT2D eigenvalue weighted by atomic mass is 10.1. The molecule has 1 unspecified atom stereocenters. The number of nitrogens with one attached hydrogen (secondary N) is 1. The van der Waals surface area contributed by atoms with E-state index in [0.717, 1.165) is 31.2 Å². The van der Waals surface area contributed by atoms with E-state index in [0.29, 0.717) is 12.3 Å². The van der Waals surface area contributed by atoms with Crippen molar-refractivity contribution in [3.05, 3.63) is 47.5 Å². The highest BCUT2D eigenvalue weighted by Crippen LogP contribution is 2.26. The van der Waals surface area contributed by atoms with Gasteiger partial charge in [-0.05, 0) is 11.5 Å². The summed E-state index contributed by atoms with van der Waals surface area (Å²) in [5, 5.41) is 7.34. The van der Waals surface area contributed by atoms with Crippen molar-refractivity contribution in [1.82, 2.24) is 20.1 Å². The normalized spacial score (nSPS) is 18.4. The van der Waals surface area contributed by atoms with Gasteiger partial charge in [0.2, 0.25) is 5.91 Å². The highest BCUT2D eigenvalue weighted by atomic mass is 16.2. The Morgan fingerprint density at radius 1 is 1.32 bits per heavy atom. The molecule has 1 saturated heterocycles. The van der Waals surface area contributed by atoms with Gasteiger partial charge >= 0.3 is 0 Å². The first-order chi connectivity index (χ1) is 10.6. The van der Waals surface area contributed by atoms with Crippen LogP contribution < -0.4 is 0 Å². The van der Waals surface area contributed by atoms with Gasteiger partial charge in [0.1, 0.15) is 5.82 Å². The maximum absolute atomic E-state index is 12.1. The van der Waals surface area contributed by atoms with E-state index in [4.69, 9.17) is 0 Å². The van der Waals surface area contributed by atoms with Gasteiger partial charge in [0.25, 0.3) is 0 Å². The van der Waals surface area contributed by atoms with Gasteiger partial charge in [-0.15, -0.1) is 0 Å². The molecule has 3 rings (SSSR count). The van der Waals surface area contributed by atoms with E-state index in [2.05, 4.69) is 41.2 Å². The Morgan fingerprint density at radius 2 is 2.09 bits per heavy atom. The third-order valence-corrected chi connectivity index (χ3v) is 3.93. The lowest BCUT2D eigenvalue weighted by Crippen LogP contribution is -2.29. The Morgan fingerprint density at radius 3 is 2.82 bits per heavy atom. The van der Waals surface area contributed by atoms with Crippen LogP contribution in [0.2, 0.25) is 0 Å². The number of hydrogen-bond acceptors (Lipinski definition) is 3. The fraction of sp³-hybridized carbons (Fsp3) is 0.471. The van der Waals surface area contributed by atoms with E-state index >= 15 is 0 Å². The molecule has 1 N–H and O–H groups in total. The van der Waals surface area contributed by atoms with E-state index < -0.39 is 0 Å². The molecule has 1 aromatic heterocycles. The topological polar surface area (TPSA) is 61.9 Å². The summed E-state index contributed by atoms with van der Waals surface area (Å²) < 4.78 is 0. The van der Waals surface area contributed by atoms with Gasteiger partial charge in [-0.25, -0.2) is 4.98 Å². The number of H-pyrrole nitrogens is 1. The number of aromatic amines is 1. The standard InChI is InChI=1S/C17H22N4O/c1-12(2)10-21-11-14(9-16(21)22)17-18-15(19-20-17)8-13-6-4-3-5-7-13/h3-7,12,14H,8-11H2,1-2H3,(H,18,19,20). The summed E-state index contributed by atoms with van der Waals surface area (Å²) in [6.45, 7) is 5.81. The molecule has 0 saturated carbocycles. The molecule has 1 amide bonds. The molecule has 2 heterocycles. The second kappa shape index (κ2) is 6.30. The number of aromatic nitrogens is 3. The van der Waals surface area contributed by atoms with E-state index in [-0.39, 0.29) is 11.8 Å². The van der Waals surface area contributed by atoms with Crippen molar-refractivity contribution in [2.45, 2.75) is 32.6 Å². The van der Waals surface area contributed by atoms with Gasteiger partial charge in [0.05, 0.1) is 0 Å². The van der Waals surface area contributed by atoms with Crippen molar-refractivity contribution >= 4 is 5.91 Å². The summed E-state index contributed by atoms with van der Waals surface area (Å²) in [7, 11) is 0. The molecule has 1 aromatic carbocycles. The largest absolute Gasteiger partial charge is 0.342 e. The number of hydrogen-bond donors (Lipinski definition) is 1. The van der Waals surface area contributed by atoms with E-state index in [9.17, 15) is 4.79 Å². The lowest BCUT2D eigenvalue weighted by molar-refractivity contribution is -0.128. The first-order valence-electron chi connectivity index (χ1n) is 7.84. The zero-order valence-electron chi connectivity index (χ0n) is 13.1. The maximum atomic E-state index is 12.1. The van der Waals surface area contributed by atoms with Gasteiger partial charge in [-0.1, -0.05) is 44.2 Å². The molecule has 0 radical (unpaired) electrons. The van der Waals surface area contributed by atoms with Crippen LogP contribution in [0.3, 0.4) is 0 Å². The van der Waals surface area contributed by atoms with Crippen LogP contribution in [0.5, 0.6) is 0 Å². The van der Waals surface area contributed by atoms with Gasteiger partial charge in [0.15, 0.2) is 5.82 Å². The van der Waals surface area contributed by atoms with Crippen molar-refractivity contribution in [2.75, 3.05) is 13.1 Å². The predicted molar refractivity (Wildman–Crippen MR) is 84.4 cm³/mol. The molecule has 2 aromatic rings. The highest BCUT2D eigenvalue weighted by molar-refractivity contribution is 5.79. The minimum absolute atomic E-state index is 0.118. The quantitative estimate of drug-likeness (QED) is 0.922. The van der Waals surface area contributed by atoms with Crippen LogP contribution in [-0.2, 0) is 11.2 Å². The van der Waals surface area contributed by atoms with Crippen LogP contribution in [0.4, 0.5) is 0 Å². The fourth-order valence-corrected chi connectivity index (χ4v) is 2.92. The Hall–Kier alpha value is -2.17. The number of nitrogens with zero attached hydrogens (tertiary/aromatic N) is 3. The summed E-state index contributed by atoms with van der Waals surface area (Å²) in [6, 6.07) is 10.2. The van der Waals surface area contributed by atoms with Crippen molar-refractivity contribution in [3.8, 4) is 0 Å². The third-order valence-electron chi connectivity index (χ3n) is 3.93. The van der Waals surface area contributed by atoms with Gasteiger partial charge in [-0.3, -0.25) is 9.89 Å². The molecule has 0 spiro atoms. The van der Waals surface area contributed by atoms with Crippen LogP contribution in [0, 0.1) is 5.92 Å². The fourth-order valence-electron chi connectivity index (χ4n) is 2.92. The van der Waals surface area contributed by atoms with Gasteiger partial charge in [-0.2, -0.15) is 5.10 Å². The Labute approximate surface area is 130 Å². The van der Waals surface area contributed by atoms with Crippen molar-refractivity contribution in [2.24, 2.45) is 5.92 Å². The molecular formula is C17H22N4O. The first kappa shape index (κ1) is 14.8. The minimum Gasteiger partial charge on any atom is -0.342 e. The first-order valence-corrected chi connectivity index (χ1v) is 7.84. The van der Waals surface area contributed by atoms with Crippen LogP contribution in [0.15, 0.2) is 30.3 Å². The Kier molecular flexibility index (Phi) is 4.22. The van der Waals surface area contributed by atoms with Crippen molar-refractivity contribution in [3.63, 3.8) is 0 Å². The number of amides is 1. The SMILES string of the molecule is CC(C)CN1CC(c2n[nH]c(Cc3ccccc3)n2)CC1=O. The number of carbonyl (C=O) groups is 1. The molecule has 1 aliphatic rings. The van der Waals surface area contributed by atoms with E-state index in [1.54, 1.807) is 0 Å². The van der Waals surface area contributed by atoms with Gasteiger partial charge < -0.3 is 4.90 Å². The molecule has 1 aliphatic heterocycles. The molecule has 116 valence electrons. The summed E-state index contributed by atoms with van der Waals surface area (Å²) in [6.07, 6.45) is 1.26. The smallest absolute Gasteiger partial charge is 0.223 e. The number of carbonyl (C=O) groups excluding carboxylic acids is 1. The summed E-state index contributed by atoms with van der Waals surface area (Å²) >= 11 is 0. The molecule has 1 fully saturated rings. The molecule has 1 atom stereocenters. The second-order valence-electron chi connectivity index (χ2n) is 6.40. The van der Waals surface area contributed by atoms with Crippen LogP contribution >= 0.6 is 0 Å². The summed E-state index contributed by atoms with van der Waals surface area (Å²) in [5.41, 5.74) is 1.20. The summed E-state index contributed by atoms with van der Waals surface area (Å²) in [5.74, 6) is 2.45. The van der Waals surface area contributed by atoms with E-state index in [1.165, 1.54) is 5.56 Å². The van der Waals surface area contributed by atoms with Crippen molar-refractivity contribution in [1.29, 1.82) is 0 Å². The second-order valence-corrected chi connectivity index (χ2v) is 6.40. The predicted octanol–water partition coefficient (Wildman–Crippen LogP) is 2.37. The Bertz CT molecular complexity index is 635. The molecule has 22 heavy (non-hydrogen) atoms. The van der Waals surface area contributed by atoms with Crippen LogP contribution in [0.25, 0.3) is 0 Å². The van der Waals surface area contributed by atoms with E-state index in [1.807, 2.05) is 23.1 Å². The zero-order valence-corrected chi connectivity index (χ0v) is 13.1. The zero-order chi connectivity index (χ0) is 15.5. The highest BCUT2D eigenvalue weighted by Gasteiger charge is 2.33. The molecule has 0 bridgehead atoms. The van der Waals surface area contributed by atoms with Crippen molar-refractivity contribution < 1.29 is 4.79 Å².